The van der Waals surface area contributed by atoms with Gasteiger partial charge in [-0.1, -0.05) is 18.9 Å². The van der Waals surface area contributed by atoms with Gasteiger partial charge in [-0.25, -0.2) is 0 Å². The summed E-state index contributed by atoms with van der Waals surface area (Å²) in [5.74, 6) is 0.0469. The molecule has 1 aromatic rings. The highest BCUT2D eigenvalue weighted by atomic mass is 16.3. The fourth-order valence-electron chi connectivity index (χ4n) is 3.60. The average molecular weight is 273 g/mol. The Labute approximate surface area is 120 Å². The van der Waals surface area contributed by atoms with Crippen molar-refractivity contribution in [1.82, 2.24) is 4.90 Å². The number of hydrogen-bond donors (Lipinski definition) is 1. The number of aliphatic hydroxyl groups is 1. The van der Waals surface area contributed by atoms with E-state index in [1.807, 2.05) is 13.1 Å². The normalized spacial score (nSPS) is 25.3. The number of carbonyl (C=O) groups excluding carboxylic acids is 1. The van der Waals surface area contributed by atoms with Crippen molar-refractivity contribution >= 4 is 5.91 Å². The first-order valence-electron chi connectivity index (χ1n) is 7.74. The standard InChI is InChI=1S/C17H23NO2/c1-18(15-7-2-3-8-16(15)19)17(20)14-10-9-12-5-4-6-13(12)11-14/h9-11,15-16,19H,2-8H2,1H3. The van der Waals surface area contributed by atoms with Gasteiger partial charge in [-0.05, 0) is 55.4 Å². The van der Waals surface area contributed by atoms with Gasteiger partial charge in [0.25, 0.3) is 5.91 Å². The predicted octanol–water partition coefficient (Wildman–Crippen LogP) is 2.55. The van der Waals surface area contributed by atoms with Gasteiger partial charge >= 0.3 is 0 Å². The van der Waals surface area contributed by atoms with Crippen LogP contribution in [0.1, 0.15) is 53.6 Å². The maximum Gasteiger partial charge on any atom is 0.253 e. The molecule has 2 aliphatic carbocycles. The molecule has 1 N–H and O–H groups in total. The van der Waals surface area contributed by atoms with Crippen LogP contribution in [0, 0.1) is 0 Å². The van der Waals surface area contributed by atoms with Gasteiger partial charge < -0.3 is 10.0 Å². The number of amides is 1. The number of aryl methyl sites for hydroxylation is 2. The quantitative estimate of drug-likeness (QED) is 0.899. The second-order valence-corrected chi connectivity index (χ2v) is 6.17. The van der Waals surface area contributed by atoms with Crippen LogP contribution in [-0.4, -0.2) is 35.1 Å². The van der Waals surface area contributed by atoms with Crippen LogP contribution in [0.3, 0.4) is 0 Å². The molecule has 0 spiro atoms. The predicted molar refractivity (Wildman–Crippen MR) is 78.8 cm³/mol. The molecule has 3 heteroatoms. The number of hydrogen-bond acceptors (Lipinski definition) is 2. The van der Waals surface area contributed by atoms with Gasteiger partial charge in [0.2, 0.25) is 0 Å². The van der Waals surface area contributed by atoms with Crippen LogP contribution in [0.4, 0.5) is 0 Å². The van der Waals surface area contributed by atoms with Crippen LogP contribution in [0.5, 0.6) is 0 Å². The van der Waals surface area contributed by atoms with Crippen molar-refractivity contribution in [2.45, 2.75) is 57.1 Å². The van der Waals surface area contributed by atoms with Crippen molar-refractivity contribution < 1.29 is 9.90 Å². The third-order valence-corrected chi connectivity index (χ3v) is 4.86. The number of fused-ring (bicyclic) bond motifs is 1. The number of benzene rings is 1. The van der Waals surface area contributed by atoms with Crippen molar-refractivity contribution in [2.24, 2.45) is 0 Å². The zero-order valence-electron chi connectivity index (χ0n) is 12.1. The Kier molecular flexibility index (Phi) is 3.79. The topological polar surface area (TPSA) is 40.5 Å². The lowest BCUT2D eigenvalue weighted by atomic mass is 9.91. The average Bonchev–Trinajstić information content (AvgIpc) is 2.93. The van der Waals surface area contributed by atoms with Crippen molar-refractivity contribution in [2.75, 3.05) is 7.05 Å². The summed E-state index contributed by atoms with van der Waals surface area (Å²) in [6.07, 6.45) is 6.95. The maximum absolute atomic E-state index is 12.6. The minimum absolute atomic E-state index is 0.0236. The van der Waals surface area contributed by atoms with Crippen LogP contribution in [0.15, 0.2) is 18.2 Å². The summed E-state index contributed by atoms with van der Waals surface area (Å²) >= 11 is 0. The van der Waals surface area contributed by atoms with Crippen LogP contribution < -0.4 is 0 Å². The molecule has 0 aliphatic heterocycles. The van der Waals surface area contributed by atoms with Gasteiger partial charge in [0, 0.05) is 12.6 Å². The molecule has 0 aromatic heterocycles. The molecular formula is C17H23NO2. The van der Waals surface area contributed by atoms with E-state index in [4.69, 9.17) is 0 Å². The molecule has 1 saturated carbocycles. The molecule has 2 unspecified atom stereocenters. The van der Waals surface area contributed by atoms with Crippen molar-refractivity contribution in [3.05, 3.63) is 34.9 Å². The lowest BCUT2D eigenvalue weighted by molar-refractivity contribution is 0.0268. The van der Waals surface area contributed by atoms with E-state index in [0.29, 0.717) is 0 Å². The molecule has 0 saturated heterocycles. The number of rotatable bonds is 2. The smallest absolute Gasteiger partial charge is 0.253 e. The first-order valence-corrected chi connectivity index (χ1v) is 7.74. The second kappa shape index (κ2) is 5.57. The summed E-state index contributed by atoms with van der Waals surface area (Å²) in [5, 5.41) is 10.1. The summed E-state index contributed by atoms with van der Waals surface area (Å²) in [4.78, 5) is 14.4. The van der Waals surface area contributed by atoms with Crippen molar-refractivity contribution in [3.8, 4) is 0 Å². The van der Waals surface area contributed by atoms with E-state index in [1.165, 1.54) is 17.5 Å². The summed E-state index contributed by atoms with van der Waals surface area (Å²) in [6, 6.07) is 6.07. The molecule has 1 aromatic carbocycles. The van der Waals surface area contributed by atoms with E-state index < -0.39 is 0 Å². The lowest BCUT2D eigenvalue weighted by Crippen LogP contribution is -2.46. The Morgan fingerprint density at radius 3 is 2.70 bits per heavy atom. The summed E-state index contributed by atoms with van der Waals surface area (Å²) < 4.78 is 0. The molecule has 0 bridgehead atoms. The van der Waals surface area contributed by atoms with Crippen LogP contribution in [0.2, 0.25) is 0 Å². The van der Waals surface area contributed by atoms with E-state index >= 15 is 0 Å². The van der Waals surface area contributed by atoms with E-state index in [-0.39, 0.29) is 18.1 Å². The zero-order chi connectivity index (χ0) is 14.1. The minimum Gasteiger partial charge on any atom is -0.391 e. The highest BCUT2D eigenvalue weighted by molar-refractivity contribution is 5.94. The lowest BCUT2D eigenvalue weighted by Gasteiger charge is -2.35. The molecule has 3 nitrogen and oxygen atoms in total. The van der Waals surface area contributed by atoms with E-state index in [1.54, 1.807) is 4.90 Å². The van der Waals surface area contributed by atoms with Gasteiger partial charge in [-0.15, -0.1) is 0 Å². The van der Waals surface area contributed by atoms with Crippen LogP contribution in [-0.2, 0) is 12.8 Å². The van der Waals surface area contributed by atoms with Gasteiger partial charge in [-0.2, -0.15) is 0 Å². The third kappa shape index (κ3) is 2.47. The molecule has 0 heterocycles. The zero-order valence-corrected chi connectivity index (χ0v) is 12.1. The molecule has 2 atom stereocenters. The fraction of sp³-hybridized carbons (Fsp3) is 0.588. The van der Waals surface area contributed by atoms with Gasteiger partial charge in [-0.3, -0.25) is 4.79 Å². The Morgan fingerprint density at radius 1 is 1.15 bits per heavy atom. The molecule has 1 fully saturated rings. The Balaban J connectivity index is 1.77. The summed E-state index contributed by atoms with van der Waals surface area (Å²) in [6.45, 7) is 0. The van der Waals surface area contributed by atoms with E-state index in [2.05, 4.69) is 12.1 Å². The number of carbonyl (C=O) groups is 1. The summed E-state index contributed by atoms with van der Waals surface area (Å²) in [5.41, 5.74) is 3.49. The van der Waals surface area contributed by atoms with E-state index in [0.717, 1.165) is 44.1 Å². The molecule has 2 aliphatic rings. The molecule has 108 valence electrons. The highest BCUT2D eigenvalue weighted by Crippen LogP contribution is 2.26. The third-order valence-electron chi connectivity index (χ3n) is 4.86. The molecule has 20 heavy (non-hydrogen) atoms. The maximum atomic E-state index is 12.6. The Morgan fingerprint density at radius 2 is 1.90 bits per heavy atom. The Hall–Kier alpha value is -1.35. The van der Waals surface area contributed by atoms with Crippen LogP contribution >= 0.6 is 0 Å². The highest BCUT2D eigenvalue weighted by Gasteiger charge is 2.30. The Bertz CT molecular complexity index is 512. The molecule has 3 rings (SSSR count). The van der Waals surface area contributed by atoms with E-state index in [9.17, 15) is 9.90 Å². The molecule has 0 radical (unpaired) electrons. The van der Waals surface area contributed by atoms with Gasteiger partial charge in [0.05, 0.1) is 12.1 Å². The SMILES string of the molecule is CN(C(=O)c1ccc2c(c1)CCC2)C1CCCCC1O. The number of nitrogens with zero attached hydrogens (tertiary/aromatic N) is 1. The molecular weight excluding hydrogens is 250 g/mol. The number of aliphatic hydroxyl groups excluding tert-OH is 1. The second-order valence-electron chi connectivity index (χ2n) is 6.17. The first kappa shape index (κ1) is 13.6. The molecule has 1 amide bonds. The largest absolute Gasteiger partial charge is 0.391 e. The minimum atomic E-state index is -0.368. The van der Waals surface area contributed by atoms with Gasteiger partial charge in [0.15, 0.2) is 0 Å². The number of likely N-dealkylation sites (N-methyl/N-ethyl adjacent to an activating group) is 1. The van der Waals surface area contributed by atoms with Crippen molar-refractivity contribution in [3.63, 3.8) is 0 Å². The fourth-order valence-corrected chi connectivity index (χ4v) is 3.60. The van der Waals surface area contributed by atoms with Crippen LogP contribution in [0.25, 0.3) is 0 Å². The summed E-state index contributed by atoms with van der Waals surface area (Å²) in [7, 11) is 1.83. The van der Waals surface area contributed by atoms with Gasteiger partial charge in [0.1, 0.15) is 0 Å². The van der Waals surface area contributed by atoms with Crippen molar-refractivity contribution in [1.29, 1.82) is 0 Å². The monoisotopic (exact) mass is 273 g/mol. The first-order chi connectivity index (χ1) is 9.66.